The molecule has 0 saturated carbocycles. The van der Waals surface area contributed by atoms with Crippen molar-refractivity contribution >= 4 is 55.6 Å². The molecule has 49 heavy (non-hydrogen) atoms. The summed E-state index contributed by atoms with van der Waals surface area (Å²) in [5.41, 5.74) is 6.74. The average molecular weight is 646 g/mol. The molecule has 1 aliphatic heterocycles. The zero-order valence-electron chi connectivity index (χ0n) is 26.4. The summed E-state index contributed by atoms with van der Waals surface area (Å²) in [5.74, 6) is 1.36. The van der Waals surface area contributed by atoms with Crippen LogP contribution in [0.4, 0.5) is 0 Å². The van der Waals surface area contributed by atoms with Gasteiger partial charge in [0.2, 0.25) is 0 Å². The fourth-order valence-corrected chi connectivity index (χ4v) is 10.9. The van der Waals surface area contributed by atoms with Crippen molar-refractivity contribution in [2.75, 3.05) is 0 Å². The second kappa shape index (κ2) is 10.7. The first-order chi connectivity index (χ1) is 24.2. The number of hydrogen-bond donors (Lipinski definition) is 0. The van der Waals surface area contributed by atoms with E-state index in [4.69, 9.17) is 9.97 Å². The molecule has 9 aromatic rings. The Morgan fingerprint density at radius 2 is 1.18 bits per heavy atom. The van der Waals surface area contributed by atoms with E-state index >= 15 is 4.57 Å². The summed E-state index contributed by atoms with van der Waals surface area (Å²) in [6.45, 7) is 0. The molecule has 0 N–H and O–H groups in total. The van der Waals surface area contributed by atoms with Gasteiger partial charge in [-0.25, -0.2) is 9.97 Å². The van der Waals surface area contributed by atoms with Crippen LogP contribution in [0.25, 0.3) is 72.2 Å². The van der Waals surface area contributed by atoms with Gasteiger partial charge in [0.05, 0.1) is 22.0 Å². The van der Waals surface area contributed by atoms with Crippen LogP contribution in [0.15, 0.2) is 170 Å². The molecule has 4 nitrogen and oxygen atoms in total. The van der Waals surface area contributed by atoms with Crippen LogP contribution in [0.3, 0.4) is 0 Å². The Labute approximate surface area is 283 Å². The van der Waals surface area contributed by atoms with Gasteiger partial charge in [-0.2, -0.15) is 0 Å². The molecule has 2 aromatic heterocycles. The summed E-state index contributed by atoms with van der Waals surface area (Å²) >= 11 is 0. The van der Waals surface area contributed by atoms with Gasteiger partial charge in [-0.15, -0.1) is 0 Å². The van der Waals surface area contributed by atoms with Gasteiger partial charge < -0.3 is 4.57 Å². The number of hydrogen-bond acceptors (Lipinski definition) is 3. The van der Waals surface area contributed by atoms with Gasteiger partial charge in [-0.3, -0.25) is 4.57 Å². The zero-order valence-corrected chi connectivity index (χ0v) is 27.3. The lowest BCUT2D eigenvalue weighted by molar-refractivity contribution is 0.593. The van der Waals surface area contributed by atoms with Gasteiger partial charge >= 0.3 is 0 Å². The molecular weight excluding hydrogens is 617 g/mol. The molecule has 0 radical (unpaired) electrons. The summed E-state index contributed by atoms with van der Waals surface area (Å²) in [5, 5.41) is 6.94. The van der Waals surface area contributed by atoms with Gasteiger partial charge in [0.15, 0.2) is 13.0 Å². The zero-order chi connectivity index (χ0) is 32.5. The van der Waals surface area contributed by atoms with Crippen LogP contribution in [0.2, 0.25) is 0 Å². The molecule has 0 saturated heterocycles. The van der Waals surface area contributed by atoms with Crippen LogP contribution in [-0.2, 0) is 4.57 Å². The molecule has 1 unspecified atom stereocenters. The van der Waals surface area contributed by atoms with Crippen molar-refractivity contribution in [3.05, 3.63) is 170 Å². The summed E-state index contributed by atoms with van der Waals surface area (Å²) < 4.78 is 18.5. The summed E-state index contributed by atoms with van der Waals surface area (Å²) in [6, 6.07) is 57.9. The summed E-state index contributed by atoms with van der Waals surface area (Å²) in [6.07, 6.45) is 0. The van der Waals surface area contributed by atoms with Crippen molar-refractivity contribution in [1.29, 1.82) is 0 Å². The molecule has 0 fully saturated rings. The van der Waals surface area contributed by atoms with E-state index < -0.39 is 7.14 Å². The SMILES string of the molecule is O=P1(c2ccccc2)c2ccc3ccccc3c2-c2ccc3c4ccccc4n(-c4cc(-c5ccccc5)nc(-c5ccccc5)n4)c3c21. The lowest BCUT2D eigenvalue weighted by atomic mass is 9.97. The quantitative estimate of drug-likeness (QED) is 0.179. The molecule has 0 amide bonds. The molecule has 3 heterocycles. The molecule has 230 valence electrons. The van der Waals surface area contributed by atoms with Crippen LogP contribution in [-0.4, -0.2) is 14.5 Å². The van der Waals surface area contributed by atoms with Crippen molar-refractivity contribution in [3.63, 3.8) is 0 Å². The third-order valence-corrected chi connectivity index (χ3v) is 13.0. The standard InChI is InChI=1S/C44H28N3OP/c48-49(32-19-8-3-9-20-32)39-27-24-29-14-10-11-21-33(29)41(39)36-26-25-35-34-22-12-13-23-38(34)47(42(35)43(36)49)40-28-37(30-15-4-1-5-16-30)45-44(46-40)31-17-6-2-7-18-31/h1-28H. The van der Waals surface area contributed by atoms with Crippen LogP contribution < -0.4 is 15.9 Å². The van der Waals surface area contributed by atoms with Crippen molar-refractivity contribution in [2.24, 2.45) is 0 Å². The minimum absolute atomic E-state index is 0.635. The van der Waals surface area contributed by atoms with E-state index in [1.165, 1.54) is 0 Å². The average Bonchev–Trinajstić information content (AvgIpc) is 3.66. The highest BCUT2D eigenvalue weighted by molar-refractivity contribution is 7.86. The van der Waals surface area contributed by atoms with E-state index in [-0.39, 0.29) is 0 Å². The molecule has 1 aliphatic rings. The summed E-state index contributed by atoms with van der Waals surface area (Å²) in [7, 11) is -3.36. The van der Waals surface area contributed by atoms with Gasteiger partial charge in [-0.1, -0.05) is 152 Å². The highest BCUT2D eigenvalue weighted by atomic mass is 31.2. The van der Waals surface area contributed by atoms with E-state index in [2.05, 4.69) is 95.6 Å². The van der Waals surface area contributed by atoms with Crippen LogP contribution in [0, 0.1) is 0 Å². The first kappa shape index (κ1) is 28.0. The highest BCUT2D eigenvalue weighted by Gasteiger charge is 2.43. The van der Waals surface area contributed by atoms with E-state index in [1.807, 2.05) is 78.9 Å². The van der Waals surface area contributed by atoms with E-state index in [0.717, 1.165) is 82.3 Å². The number of benzene rings is 7. The Balaban J connectivity index is 1.38. The minimum Gasteiger partial charge on any atom is -0.309 e. The first-order valence-corrected chi connectivity index (χ1v) is 18.2. The third kappa shape index (κ3) is 4.08. The van der Waals surface area contributed by atoms with E-state index in [9.17, 15) is 0 Å². The summed E-state index contributed by atoms with van der Waals surface area (Å²) in [4.78, 5) is 10.4. The smallest absolute Gasteiger partial charge is 0.174 e. The Kier molecular flexibility index (Phi) is 6.12. The maximum atomic E-state index is 16.3. The first-order valence-electron chi connectivity index (χ1n) is 16.5. The molecule has 0 bridgehead atoms. The number of aromatic nitrogens is 3. The van der Waals surface area contributed by atoms with Crippen molar-refractivity contribution in [2.45, 2.75) is 0 Å². The second-order valence-corrected chi connectivity index (χ2v) is 15.2. The van der Waals surface area contributed by atoms with Gasteiger partial charge in [0.25, 0.3) is 0 Å². The Hall–Kier alpha value is -6.09. The lowest BCUT2D eigenvalue weighted by Crippen LogP contribution is -2.22. The molecule has 0 aliphatic carbocycles. The Morgan fingerprint density at radius 1 is 0.531 bits per heavy atom. The molecule has 10 rings (SSSR count). The molecule has 5 heteroatoms. The number of para-hydroxylation sites is 1. The van der Waals surface area contributed by atoms with E-state index in [0.29, 0.717) is 5.82 Å². The van der Waals surface area contributed by atoms with Crippen LogP contribution in [0.1, 0.15) is 0 Å². The van der Waals surface area contributed by atoms with Gasteiger partial charge in [-0.05, 0) is 28.5 Å². The number of fused-ring (bicyclic) bond motifs is 9. The normalized spacial score (nSPS) is 15.1. The lowest BCUT2D eigenvalue weighted by Gasteiger charge is -2.19. The molecule has 1 atom stereocenters. The largest absolute Gasteiger partial charge is 0.309 e. The molecule has 7 aromatic carbocycles. The predicted molar refractivity (Wildman–Crippen MR) is 203 cm³/mol. The Morgan fingerprint density at radius 3 is 1.96 bits per heavy atom. The predicted octanol–water partition coefficient (Wildman–Crippen LogP) is 9.68. The van der Waals surface area contributed by atoms with Crippen LogP contribution >= 0.6 is 7.14 Å². The van der Waals surface area contributed by atoms with Crippen molar-refractivity contribution in [3.8, 4) is 39.6 Å². The Bertz CT molecular complexity index is 2730. The fourth-order valence-electron chi connectivity index (χ4n) is 7.65. The minimum atomic E-state index is -3.36. The van der Waals surface area contributed by atoms with Gasteiger partial charge in [0.1, 0.15) is 5.82 Å². The number of nitrogens with zero attached hydrogens (tertiary/aromatic N) is 3. The monoisotopic (exact) mass is 645 g/mol. The van der Waals surface area contributed by atoms with E-state index in [1.54, 1.807) is 0 Å². The van der Waals surface area contributed by atoms with Crippen molar-refractivity contribution < 1.29 is 4.57 Å². The maximum Gasteiger partial charge on any atom is 0.174 e. The maximum absolute atomic E-state index is 16.3. The second-order valence-electron chi connectivity index (χ2n) is 12.5. The number of rotatable bonds is 4. The third-order valence-electron chi connectivity index (χ3n) is 9.80. The van der Waals surface area contributed by atoms with Gasteiger partial charge in [0, 0.05) is 44.1 Å². The molecular formula is C44H28N3OP. The molecule has 0 spiro atoms. The van der Waals surface area contributed by atoms with Crippen molar-refractivity contribution in [1.82, 2.24) is 14.5 Å². The highest BCUT2D eigenvalue weighted by Crippen LogP contribution is 2.56. The fraction of sp³-hybridized carbons (Fsp3) is 0. The van der Waals surface area contributed by atoms with Crippen LogP contribution in [0.5, 0.6) is 0 Å². The topological polar surface area (TPSA) is 47.8 Å².